The topological polar surface area (TPSA) is 154 Å². The Bertz CT molecular complexity index is 1800. The Balaban J connectivity index is 1.07. The Labute approximate surface area is 264 Å². The Hall–Kier alpha value is -5.65. The number of aliphatic carboxylic acids is 1. The number of hydrogen-bond donors (Lipinski definition) is 3. The lowest BCUT2D eigenvalue weighted by Crippen LogP contribution is -2.33. The molecule has 2 aliphatic heterocycles. The Morgan fingerprint density at radius 3 is 2.50 bits per heavy atom. The van der Waals surface area contributed by atoms with E-state index < -0.39 is 17.8 Å². The van der Waals surface area contributed by atoms with E-state index in [4.69, 9.17) is 9.26 Å². The first-order valence-corrected chi connectivity index (χ1v) is 14.9. The number of para-hydroxylation sites is 1. The van der Waals surface area contributed by atoms with E-state index in [1.54, 1.807) is 54.3 Å². The molecule has 4 amide bonds. The second kappa shape index (κ2) is 12.8. The number of benzene rings is 3. The van der Waals surface area contributed by atoms with Gasteiger partial charge in [0.1, 0.15) is 11.5 Å². The first-order chi connectivity index (χ1) is 22.2. The summed E-state index contributed by atoms with van der Waals surface area (Å²) in [6.07, 6.45) is 0.860. The minimum Gasteiger partial charge on any atom is -0.495 e. The molecule has 2 atom stereocenters. The summed E-state index contributed by atoms with van der Waals surface area (Å²) in [6, 6.07) is 21.2. The number of rotatable bonds is 8. The summed E-state index contributed by atoms with van der Waals surface area (Å²) in [5.41, 5.74) is 4.65. The number of carbonyl (C=O) groups excluding carboxylic acids is 3. The second-order valence-corrected chi connectivity index (χ2v) is 11.4. The first-order valence-electron chi connectivity index (χ1n) is 14.9. The lowest BCUT2D eigenvalue weighted by Gasteiger charge is -2.19. The average molecular weight is 624 g/mol. The van der Waals surface area contributed by atoms with Crippen LogP contribution in [0.25, 0.3) is 0 Å². The zero-order chi connectivity index (χ0) is 32.4. The van der Waals surface area contributed by atoms with Crippen LogP contribution in [0.3, 0.4) is 0 Å². The van der Waals surface area contributed by atoms with Gasteiger partial charge in [0.25, 0.3) is 5.91 Å². The maximum atomic E-state index is 13.0. The highest BCUT2D eigenvalue weighted by Crippen LogP contribution is 2.35. The molecule has 3 N–H and O–H groups in total. The number of methoxy groups -OCH3 is 1. The molecule has 2 aliphatic rings. The molecule has 12 heteroatoms. The van der Waals surface area contributed by atoms with Gasteiger partial charge in [-0.2, -0.15) is 0 Å². The fourth-order valence-electron chi connectivity index (χ4n) is 6.07. The van der Waals surface area contributed by atoms with Crippen molar-refractivity contribution in [3.8, 4) is 5.75 Å². The largest absolute Gasteiger partial charge is 0.495 e. The normalized spacial score (nSPS) is 17.0. The summed E-state index contributed by atoms with van der Waals surface area (Å²) < 4.78 is 10.5. The van der Waals surface area contributed by atoms with Crippen LogP contribution < -0.4 is 20.3 Å². The van der Waals surface area contributed by atoms with Crippen molar-refractivity contribution in [2.45, 2.75) is 25.7 Å². The Morgan fingerprint density at radius 2 is 1.78 bits per heavy atom. The highest BCUT2D eigenvalue weighted by Gasteiger charge is 2.41. The quantitative estimate of drug-likeness (QED) is 0.255. The van der Waals surface area contributed by atoms with Crippen molar-refractivity contribution in [2.24, 2.45) is 5.92 Å². The minimum atomic E-state index is -0.989. The average Bonchev–Trinajstić information content (AvgIpc) is 3.80. The summed E-state index contributed by atoms with van der Waals surface area (Å²) in [7, 11) is 1.51. The van der Waals surface area contributed by atoms with Crippen molar-refractivity contribution in [2.75, 3.05) is 42.3 Å². The van der Waals surface area contributed by atoms with E-state index in [-0.39, 0.29) is 43.0 Å². The molecule has 12 nitrogen and oxygen atoms in total. The summed E-state index contributed by atoms with van der Waals surface area (Å²) in [5.74, 6) is -1.90. The van der Waals surface area contributed by atoms with E-state index in [0.717, 1.165) is 23.2 Å². The number of carboxylic acids is 1. The molecule has 3 heterocycles. The van der Waals surface area contributed by atoms with E-state index in [0.29, 0.717) is 35.0 Å². The fourth-order valence-corrected chi connectivity index (χ4v) is 6.07. The van der Waals surface area contributed by atoms with Crippen LogP contribution in [0.4, 0.5) is 21.9 Å². The standard InChI is InChI=1S/C34H33N5O7/c1-20-15-28(37-46-20)32(41)38-18-25(26(19-38)33(42)43)22-8-10-24(11-9-22)35-31(40)17-21-7-12-27(30(16-21)45-2)36-34(44)39-14-13-23-5-3-4-6-29(23)39/h3-12,15-16,25-26H,13-14,17-19H2,1-2H3,(H,35,40)(H,36,44)(H,42,43). The zero-order valence-corrected chi connectivity index (χ0v) is 25.4. The molecule has 0 bridgehead atoms. The van der Waals surface area contributed by atoms with Crippen LogP contribution in [0.5, 0.6) is 5.75 Å². The molecule has 236 valence electrons. The monoisotopic (exact) mass is 623 g/mol. The molecule has 0 spiro atoms. The van der Waals surface area contributed by atoms with Crippen LogP contribution >= 0.6 is 0 Å². The highest BCUT2D eigenvalue weighted by atomic mass is 16.5. The van der Waals surface area contributed by atoms with Gasteiger partial charge >= 0.3 is 12.0 Å². The molecule has 3 aromatic carbocycles. The summed E-state index contributed by atoms with van der Waals surface area (Å²) in [6.45, 7) is 2.55. The van der Waals surface area contributed by atoms with Gasteiger partial charge in [0.2, 0.25) is 5.91 Å². The van der Waals surface area contributed by atoms with E-state index in [2.05, 4.69) is 15.8 Å². The van der Waals surface area contributed by atoms with E-state index >= 15 is 0 Å². The molecule has 6 rings (SSSR count). The molecule has 1 saturated heterocycles. The number of anilines is 3. The van der Waals surface area contributed by atoms with Gasteiger partial charge in [-0.3, -0.25) is 19.3 Å². The van der Waals surface area contributed by atoms with Gasteiger partial charge in [-0.1, -0.05) is 41.6 Å². The predicted molar refractivity (Wildman–Crippen MR) is 169 cm³/mol. The minimum absolute atomic E-state index is 0.0569. The molecule has 0 saturated carbocycles. The number of ether oxygens (including phenoxy) is 1. The number of nitrogens with one attached hydrogen (secondary N) is 2. The Kier molecular flexibility index (Phi) is 8.43. The smallest absolute Gasteiger partial charge is 0.326 e. The molecule has 4 aromatic rings. The molecular weight excluding hydrogens is 590 g/mol. The summed E-state index contributed by atoms with van der Waals surface area (Å²) in [5, 5.41) is 19.4. The van der Waals surface area contributed by atoms with Gasteiger partial charge in [0, 0.05) is 43.0 Å². The van der Waals surface area contributed by atoms with Crippen LogP contribution in [-0.4, -0.2) is 65.7 Å². The molecule has 0 radical (unpaired) electrons. The van der Waals surface area contributed by atoms with Crippen LogP contribution in [0, 0.1) is 12.8 Å². The van der Waals surface area contributed by atoms with Crippen LogP contribution in [0.1, 0.15) is 38.9 Å². The number of fused-ring (bicyclic) bond motifs is 1. The third kappa shape index (κ3) is 6.27. The molecule has 46 heavy (non-hydrogen) atoms. The lowest BCUT2D eigenvalue weighted by molar-refractivity contribution is -0.141. The van der Waals surface area contributed by atoms with Crippen molar-refractivity contribution >= 4 is 40.9 Å². The maximum absolute atomic E-state index is 13.0. The van der Waals surface area contributed by atoms with Gasteiger partial charge in [0.15, 0.2) is 5.69 Å². The third-order valence-electron chi connectivity index (χ3n) is 8.40. The van der Waals surface area contributed by atoms with E-state index in [1.807, 2.05) is 24.3 Å². The van der Waals surface area contributed by atoms with Crippen molar-refractivity contribution < 1.29 is 33.5 Å². The summed E-state index contributed by atoms with van der Waals surface area (Å²) in [4.78, 5) is 54.0. The number of likely N-dealkylation sites (tertiary alicyclic amines) is 1. The SMILES string of the molecule is COc1cc(CC(=O)Nc2ccc(C3CN(C(=O)c4cc(C)on4)CC3C(=O)O)cc2)ccc1NC(=O)N1CCc2ccccc21. The second-order valence-electron chi connectivity index (χ2n) is 11.4. The number of hydrogen-bond acceptors (Lipinski definition) is 7. The lowest BCUT2D eigenvalue weighted by atomic mass is 9.89. The molecule has 1 aromatic heterocycles. The van der Waals surface area contributed by atoms with Crippen LogP contribution in [0.15, 0.2) is 77.3 Å². The zero-order valence-electron chi connectivity index (χ0n) is 25.4. The first kappa shape index (κ1) is 30.4. The number of amides is 4. The fraction of sp³-hybridized carbons (Fsp3) is 0.265. The van der Waals surface area contributed by atoms with Crippen molar-refractivity contribution in [1.82, 2.24) is 10.1 Å². The highest BCUT2D eigenvalue weighted by molar-refractivity contribution is 6.04. The van der Waals surface area contributed by atoms with E-state index in [1.165, 1.54) is 18.1 Å². The Morgan fingerprint density at radius 1 is 1.00 bits per heavy atom. The van der Waals surface area contributed by atoms with Crippen molar-refractivity contribution in [1.29, 1.82) is 0 Å². The van der Waals surface area contributed by atoms with E-state index in [9.17, 15) is 24.3 Å². The predicted octanol–water partition coefficient (Wildman–Crippen LogP) is 4.71. The number of aromatic nitrogens is 1. The number of carbonyl (C=O) groups is 4. The molecule has 2 unspecified atom stereocenters. The van der Waals surface area contributed by atoms with Gasteiger partial charge < -0.3 is 29.9 Å². The number of aryl methyl sites for hydroxylation is 1. The van der Waals surface area contributed by atoms with Crippen LogP contribution in [-0.2, 0) is 22.4 Å². The molecular formula is C34H33N5O7. The van der Waals surface area contributed by atoms with Crippen molar-refractivity contribution in [3.63, 3.8) is 0 Å². The number of nitrogens with zero attached hydrogens (tertiary/aromatic N) is 3. The third-order valence-corrected chi connectivity index (χ3v) is 8.40. The molecule has 0 aliphatic carbocycles. The van der Waals surface area contributed by atoms with Gasteiger partial charge in [-0.25, -0.2) is 4.79 Å². The van der Waals surface area contributed by atoms with Gasteiger partial charge in [0.05, 0.1) is 25.1 Å². The van der Waals surface area contributed by atoms with Gasteiger partial charge in [-0.15, -0.1) is 0 Å². The molecule has 1 fully saturated rings. The maximum Gasteiger partial charge on any atom is 0.326 e. The summed E-state index contributed by atoms with van der Waals surface area (Å²) >= 11 is 0. The van der Waals surface area contributed by atoms with Crippen molar-refractivity contribution in [3.05, 3.63) is 101 Å². The number of urea groups is 1. The van der Waals surface area contributed by atoms with Gasteiger partial charge in [-0.05, 0) is 60.4 Å². The number of carboxylic acid groups (broad SMARTS) is 1. The van der Waals surface area contributed by atoms with Crippen LogP contribution in [0.2, 0.25) is 0 Å².